The van der Waals surface area contributed by atoms with Gasteiger partial charge in [-0.25, -0.2) is 4.90 Å². The highest BCUT2D eigenvalue weighted by Crippen LogP contribution is 2.37. The average Bonchev–Trinajstić information content (AvgIpc) is 3.09. The summed E-state index contributed by atoms with van der Waals surface area (Å²) in [7, 11) is 2.90. The van der Waals surface area contributed by atoms with Crippen molar-refractivity contribution in [2.24, 2.45) is 0 Å². The zero-order chi connectivity index (χ0) is 26.0. The number of nitrogens with zero attached hydrogens (tertiary/aromatic N) is 1. The molecule has 0 radical (unpaired) electrons. The van der Waals surface area contributed by atoms with E-state index < -0.39 is 17.7 Å². The monoisotopic (exact) mass is 545 g/mol. The molecule has 1 aliphatic heterocycles. The van der Waals surface area contributed by atoms with Crippen molar-refractivity contribution in [3.8, 4) is 11.5 Å². The first-order valence-corrected chi connectivity index (χ1v) is 11.5. The number of amides is 3. The molecule has 0 unspecified atom stereocenters. The van der Waals surface area contributed by atoms with Crippen LogP contribution in [0.3, 0.4) is 0 Å². The quantitative estimate of drug-likeness (QED) is 0.369. The van der Waals surface area contributed by atoms with Crippen LogP contribution < -0.4 is 25.0 Å². The Labute approximate surface area is 221 Å². The summed E-state index contributed by atoms with van der Waals surface area (Å²) >= 11 is 18.3. The fraction of sp³-hybridized carbons (Fsp3) is 0.0800. The Morgan fingerprint density at radius 3 is 2.28 bits per heavy atom. The van der Waals surface area contributed by atoms with E-state index in [4.69, 9.17) is 44.3 Å². The number of hydrogen-bond acceptors (Lipinski definition) is 6. The summed E-state index contributed by atoms with van der Waals surface area (Å²) in [5.74, 6) is -1.02. The molecule has 0 fully saturated rings. The Bertz CT molecular complexity index is 1410. The molecule has 1 heterocycles. The predicted octanol–water partition coefficient (Wildman–Crippen LogP) is 5.70. The Morgan fingerprint density at radius 2 is 1.61 bits per heavy atom. The van der Waals surface area contributed by atoms with E-state index in [2.05, 4.69) is 10.6 Å². The van der Waals surface area contributed by atoms with Crippen molar-refractivity contribution in [2.45, 2.75) is 0 Å². The topological polar surface area (TPSA) is 97.0 Å². The molecule has 0 aliphatic carbocycles. The molecule has 8 nitrogen and oxygen atoms in total. The fourth-order valence-corrected chi connectivity index (χ4v) is 4.00. The minimum Gasteiger partial charge on any atom is -0.497 e. The number of carbonyl (C=O) groups excluding carboxylic acids is 3. The molecule has 36 heavy (non-hydrogen) atoms. The molecule has 2 N–H and O–H groups in total. The SMILES string of the molecule is COc1ccc(N2C(=O)C(Cl)=C(Nc3ccc(C(=O)Nc4cccc(Cl)c4Cl)cc3)C2=O)c(OC)c1. The standard InChI is InChI=1S/C25H18Cl3N3O5/c1-35-15-10-11-18(19(12-15)36-2)31-24(33)21(28)22(25(31)34)29-14-8-6-13(7-9-14)23(32)30-17-5-3-4-16(26)20(17)27/h3-12,29H,1-2H3,(H,30,32). The van der Waals surface area contributed by atoms with E-state index in [1.165, 1.54) is 32.4 Å². The maximum Gasteiger partial charge on any atom is 0.283 e. The number of benzene rings is 3. The van der Waals surface area contributed by atoms with Crippen molar-refractivity contribution < 1.29 is 23.9 Å². The van der Waals surface area contributed by atoms with Crippen LogP contribution >= 0.6 is 34.8 Å². The molecule has 11 heteroatoms. The fourth-order valence-electron chi connectivity index (χ4n) is 3.44. The Hall–Kier alpha value is -3.72. The average molecular weight is 547 g/mol. The number of hydrogen-bond donors (Lipinski definition) is 2. The molecule has 1 aliphatic rings. The number of methoxy groups -OCH3 is 2. The predicted molar refractivity (Wildman–Crippen MR) is 139 cm³/mol. The van der Waals surface area contributed by atoms with Gasteiger partial charge in [0, 0.05) is 17.3 Å². The van der Waals surface area contributed by atoms with Crippen LogP contribution in [-0.4, -0.2) is 31.9 Å². The van der Waals surface area contributed by atoms with Crippen LogP contribution in [0, 0.1) is 0 Å². The van der Waals surface area contributed by atoms with E-state index in [-0.39, 0.29) is 27.2 Å². The smallest absolute Gasteiger partial charge is 0.283 e. The largest absolute Gasteiger partial charge is 0.497 e. The van der Waals surface area contributed by atoms with Crippen LogP contribution in [0.4, 0.5) is 17.1 Å². The molecular formula is C25H18Cl3N3O5. The van der Waals surface area contributed by atoms with Crippen LogP contribution in [0.5, 0.6) is 11.5 Å². The van der Waals surface area contributed by atoms with Crippen molar-refractivity contribution in [3.63, 3.8) is 0 Å². The van der Waals surface area contributed by atoms with E-state index in [1.54, 1.807) is 42.5 Å². The van der Waals surface area contributed by atoms with Crippen LogP contribution in [0.15, 0.2) is 71.4 Å². The van der Waals surface area contributed by atoms with Crippen molar-refractivity contribution in [3.05, 3.63) is 87.0 Å². The lowest BCUT2D eigenvalue weighted by atomic mass is 10.2. The van der Waals surface area contributed by atoms with Gasteiger partial charge in [0.05, 0.1) is 35.6 Å². The van der Waals surface area contributed by atoms with E-state index >= 15 is 0 Å². The van der Waals surface area contributed by atoms with E-state index in [0.717, 1.165) is 4.90 Å². The molecule has 3 amide bonds. The Balaban J connectivity index is 1.51. The van der Waals surface area contributed by atoms with Gasteiger partial charge in [0.15, 0.2) is 0 Å². The van der Waals surface area contributed by atoms with Gasteiger partial charge in [-0.15, -0.1) is 0 Å². The van der Waals surface area contributed by atoms with Crippen LogP contribution in [-0.2, 0) is 9.59 Å². The molecule has 0 atom stereocenters. The highest BCUT2D eigenvalue weighted by Gasteiger charge is 2.40. The van der Waals surface area contributed by atoms with E-state index in [0.29, 0.717) is 27.7 Å². The lowest BCUT2D eigenvalue weighted by Crippen LogP contribution is -2.32. The molecule has 0 saturated carbocycles. The third-order valence-electron chi connectivity index (χ3n) is 5.27. The second-order valence-corrected chi connectivity index (χ2v) is 8.59. The van der Waals surface area contributed by atoms with Gasteiger partial charge in [-0.05, 0) is 48.5 Å². The second kappa shape index (κ2) is 10.5. The van der Waals surface area contributed by atoms with Crippen LogP contribution in [0.2, 0.25) is 10.0 Å². The van der Waals surface area contributed by atoms with Gasteiger partial charge >= 0.3 is 0 Å². The minimum absolute atomic E-state index is 0.109. The Morgan fingerprint density at radius 1 is 0.889 bits per heavy atom. The summed E-state index contributed by atoms with van der Waals surface area (Å²) in [6, 6.07) is 15.8. The molecule has 0 saturated heterocycles. The maximum absolute atomic E-state index is 13.1. The van der Waals surface area contributed by atoms with E-state index in [1.807, 2.05) is 0 Å². The number of anilines is 3. The van der Waals surface area contributed by atoms with Crippen molar-refractivity contribution >= 4 is 69.6 Å². The first-order valence-electron chi connectivity index (χ1n) is 10.4. The van der Waals surface area contributed by atoms with Gasteiger partial charge in [-0.2, -0.15) is 0 Å². The van der Waals surface area contributed by atoms with E-state index in [9.17, 15) is 14.4 Å². The lowest BCUT2D eigenvalue weighted by molar-refractivity contribution is -0.120. The molecule has 0 spiro atoms. The van der Waals surface area contributed by atoms with Crippen LogP contribution in [0.1, 0.15) is 10.4 Å². The molecule has 184 valence electrons. The van der Waals surface area contributed by atoms with Gasteiger partial charge in [-0.3, -0.25) is 14.4 Å². The summed E-state index contributed by atoms with van der Waals surface area (Å²) in [4.78, 5) is 39.5. The second-order valence-electron chi connectivity index (χ2n) is 7.43. The maximum atomic E-state index is 13.1. The number of halogens is 3. The van der Waals surface area contributed by atoms with Crippen molar-refractivity contribution in [1.82, 2.24) is 0 Å². The summed E-state index contributed by atoms with van der Waals surface area (Å²) in [6.07, 6.45) is 0. The van der Waals surface area contributed by atoms with Crippen molar-refractivity contribution in [1.29, 1.82) is 0 Å². The molecular weight excluding hydrogens is 529 g/mol. The third kappa shape index (κ3) is 4.83. The molecule has 4 rings (SSSR count). The third-order valence-corrected chi connectivity index (χ3v) is 6.44. The lowest BCUT2D eigenvalue weighted by Gasteiger charge is -2.18. The van der Waals surface area contributed by atoms with Gasteiger partial charge in [0.25, 0.3) is 17.7 Å². The summed E-state index contributed by atoms with van der Waals surface area (Å²) < 4.78 is 10.5. The highest BCUT2D eigenvalue weighted by molar-refractivity contribution is 6.53. The first-order chi connectivity index (χ1) is 17.2. The van der Waals surface area contributed by atoms with Gasteiger partial charge in [-0.1, -0.05) is 40.9 Å². The van der Waals surface area contributed by atoms with Gasteiger partial charge in [0.1, 0.15) is 22.2 Å². The number of rotatable bonds is 7. The zero-order valence-corrected chi connectivity index (χ0v) is 21.2. The number of imide groups is 1. The normalized spacial score (nSPS) is 13.2. The summed E-state index contributed by atoms with van der Waals surface area (Å²) in [5, 5.41) is 5.82. The number of nitrogens with one attached hydrogen (secondary N) is 2. The molecule has 0 bridgehead atoms. The summed E-state index contributed by atoms with van der Waals surface area (Å²) in [5.41, 5.74) is 1.25. The Kier molecular flexibility index (Phi) is 7.40. The van der Waals surface area contributed by atoms with Gasteiger partial charge in [0.2, 0.25) is 0 Å². The van der Waals surface area contributed by atoms with Crippen molar-refractivity contribution in [2.75, 3.05) is 29.8 Å². The van der Waals surface area contributed by atoms with Gasteiger partial charge < -0.3 is 20.1 Å². The number of carbonyl (C=O) groups is 3. The zero-order valence-electron chi connectivity index (χ0n) is 18.9. The van der Waals surface area contributed by atoms with Crippen LogP contribution in [0.25, 0.3) is 0 Å². The molecule has 3 aromatic carbocycles. The summed E-state index contributed by atoms with van der Waals surface area (Å²) in [6.45, 7) is 0. The highest BCUT2D eigenvalue weighted by atomic mass is 35.5. The molecule has 0 aromatic heterocycles. The number of ether oxygens (including phenoxy) is 2. The first kappa shape index (κ1) is 25.4. The molecule has 3 aromatic rings. The minimum atomic E-state index is -0.706.